The molecule has 28 heavy (non-hydrogen) atoms. The summed E-state index contributed by atoms with van der Waals surface area (Å²) in [5.74, 6) is 1.74. The Morgan fingerprint density at radius 1 is 1.29 bits per heavy atom. The van der Waals surface area contributed by atoms with Gasteiger partial charge in [0.25, 0.3) is 0 Å². The number of hydrogen-bond acceptors (Lipinski definition) is 4. The average Bonchev–Trinajstić information content (AvgIpc) is 3.20. The second-order valence-electron chi connectivity index (χ2n) is 7.00. The molecule has 7 heteroatoms. The van der Waals surface area contributed by atoms with Gasteiger partial charge in [0.05, 0.1) is 5.69 Å². The summed E-state index contributed by atoms with van der Waals surface area (Å²) < 4.78 is 5.45. The predicted octanol–water partition coefficient (Wildman–Crippen LogP) is 4.29. The normalized spacial score (nSPS) is 15.1. The minimum atomic E-state index is 0. The number of ether oxygens (including phenoxy) is 1. The predicted molar refractivity (Wildman–Crippen MR) is 129 cm³/mol. The van der Waals surface area contributed by atoms with Gasteiger partial charge in [-0.3, -0.25) is 4.99 Å². The van der Waals surface area contributed by atoms with Crippen molar-refractivity contribution in [2.75, 3.05) is 40.4 Å². The fourth-order valence-electron chi connectivity index (χ4n) is 3.34. The summed E-state index contributed by atoms with van der Waals surface area (Å²) in [4.78, 5) is 11.4. The molecule has 0 radical (unpaired) electrons. The van der Waals surface area contributed by atoms with E-state index in [2.05, 4.69) is 51.9 Å². The highest BCUT2D eigenvalue weighted by molar-refractivity contribution is 14.0. The fraction of sp³-hybridized carbons (Fsp3) is 0.524. The van der Waals surface area contributed by atoms with Crippen LogP contribution >= 0.6 is 35.3 Å². The Labute approximate surface area is 189 Å². The molecule has 1 aliphatic rings. The van der Waals surface area contributed by atoms with E-state index >= 15 is 0 Å². The van der Waals surface area contributed by atoms with E-state index in [9.17, 15) is 0 Å². The van der Waals surface area contributed by atoms with E-state index in [1.165, 1.54) is 24.8 Å². The van der Waals surface area contributed by atoms with Gasteiger partial charge in [-0.2, -0.15) is 0 Å². The topological polar surface area (TPSA) is 49.8 Å². The van der Waals surface area contributed by atoms with E-state index in [4.69, 9.17) is 9.72 Å². The van der Waals surface area contributed by atoms with Gasteiger partial charge in [0.2, 0.25) is 0 Å². The monoisotopic (exact) mass is 514 g/mol. The molecule has 1 aromatic carbocycles. The Kier molecular flexibility index (Phi) is 10.2. The average molecular weight is 514 g/mol. The third kappa shape index (κ3) is 7.00. The van der Waals surface area contributed by atoms with Gasteiger partial charge in [0.15, 0.2) is 5.96 Å². The number of nitrogens with zero attached hydrogens (tertiary/aromatic N) is 3. The van der Waals surface area contributed by atoms with Crippen molar-refractivity contribution in [2.45, 2.75) is 25.7 Å². The van der Waals surface area contributed by atoms with Gasteiger partial charge < -0.3 is 15.0 Å². The van der Waals surface area contributed by atoms with Crippen LogP contribution < -0.4 is 5.32 Å². The van der Waals surface area contributed by atoms with Crippen molar-refractivity contribution in [2.24, 2.45) is 10.9 Å². The number of hydrogen-bond donors (Lipinski definition) is 1. The molecule has 2 heterocycles. The van der Waals surface area contributed by atoms with E-state index in [0.29, 0.717) is 0 Å². The Morgan fingerprint density at radius 2 is 2.04 bits per heavy atom. The van der Waals surface area contributed by atoms with Crippen LogP contribution in [-0.4, -0.2) is 56.2 Å². The summed E-state index contributed by atoms with van der Waals surface area (Å²) in [5, 5.41) is 6.71. The maximum Gasteiger partial charge on any atom is 0.193 e. The second kappa shape index (κ2) is 12.4. The van der Waals surface area contributed by atoms with Crippen LogP contribution in [0, 0.1) is 5.92 Å². The maximum absolute atomic E-state index is 5.45. The molecule has 5 nitrogen and oxygen atoms in total. The van der Waals surface area contributed by atoms with E-state index < -0.39 is 0 Å². The molecule has 0 amide bonds. The minimum absolute atomic E-state index is 0. The molecule has 1 N–H and O–H groups in total. The third-order valence-electron chi connectivity index (χ3n) is 5.02. The Balaban J connectivity index is 0.00000280. The van der Waals surface area contributed by atoms with Crippen molar-refractivity contribution in [3.05, 3.63) is 41.4 Å². The molecule has 1 fully saturated rings. The van der Waals surface area contributed by atoms with Gasteiger partial charge in [0, 0.05) is 57.8 Å². The molecule has 0 bridgehead atoms. The number of aromatic nitrogens is 1. The van der Waals surface area contributed by atoms with Gasteiger partial charge in [-0.25, -0.2) is 4.98 Å². The molecule has 0 unspecified atom stereocenters. The highest BCUT2D eigenvalue weighted by Gasteiger charge is 2.15. The quantitative estimate of drug-likeness (QED) is 0.340. The second-order valence-corrected chi connectivity index (χ2v) is 7.86. The highest BCUT2D eigenvalue weighted by atomic mass is 127. The largest absolute Gasteiger partial charge is 0.381 e. The summed E-state index contributed by atoms with van der Waals surface area (Å²) in [6.07, 6.45) is 4.48. The molecule has 2 aromatic rings. The number of benzene rings is 1. The van der Waals surface area contributed by atoms with Gasteiger partial charge >= 0.3 is 0 Å². The first-order valence-corrected chi connectivity index (χ1v) is 10.6. The van der Waals surface area contributed by atoms with Crippen LogP contribution in [0.2, 0.25) is 0 Å². The maximum atomic E-state index is 5.45. The minimum Gasteiger partial charge on any atom is -0.381 e. The number of rotatable bonds is 7. The van der Waals surface area contributed by atoms with Gasteiger partial charge in [0.1, 0.15) is 5.01 Å². The number of halogens is 1. The van der Waals surface area contributed by atoms with E-state index in [1.807, 2.05) is 13.1 Å². The van der Waals surface area contributed by atoms with E-state index in [-0.39, 0.29) is 24.0 Å². The van der Waals surface area contributed by atoms with Crippen molar-refractivity contribution < 1.29 is 4.74 Å². The van der Waals surface area contributed by atoms with Crippen LogP contribution in [0.15, 0.2) is 40.7 Å². The highest BCUT2D eigenvalue weighted by Crippen LogP contribution is 2.23. The van der Waals surface area contributed by atoms with Crippen LogP contribution in [-0.2, 0) is 11.2 Å². The summed E-state index contributed by atoms with van der Waals surface area (Å²) in [7, 11) is 3.97. The van der Waals surface area contributed by atoms with Crippen LogP contribution in [0.25, 0.3) is 10.6 Å². The first kappa shape index (κ1) is 23.1. The molecule has 0 aliphatic carbocycles. The van der Waals surface area contributed by atoms with Crippen molar-refractivity contribution in [1.29, 1.82) is 0 Å². The van der Waals surface area contributed by atoms with Crippen molar-refractivity contribution in [3.63, 3.8) is 0 Å². The lowest BCUT2D eigenvalue weighted by Gasteiger charge is -2.26. The van der Waals surface area contributed by atoms with Crippen molar-refractivity contribution in [3.8, 4) is 10.6 Å². The smallest absolute Gasteiger partial charge is 0.193 e. The number of nitrogens with one attached hydrogen (secondary N) is 1. The van der Waals surface area contributed by atoms with E-state index in [1.54, 1.807) is 11.3 Å². The zero-order chi connectivity index (χ0) is 18.9. The van der Waals surface area contributed by atoms with Crippen LogP contribution in [0.3, 0.4) is 0 Å². The first-order valence-electron chi connectivity index (χ1n) is 9.75. The number of aliphatic imine (C=N–C) groups is 1. The lowest BCUT2D eigenvalue weighted by molar-refractivity contribution is 0.0625. The van der Waals surface area contributed by atoms with Crippen LogP contribution in [0.1, 0.15) is 25.0 Å². The molecular formula is C21H31IN4OS. The van der Waals surface area contributed by atoms with Gasteiger partial charge in [-0.1, -0.05) is 30.3 Å². The summed E-state index contributed by atoms with van der Waals surface area (Å²) in [5.41, 5.74) is 2.32. The molecule has 1 saturated heterocycles. The van der Waals surface area contributed by atoms with Crippen LogP contribution in [0.4, 0.5) is 0 Å². The van der Waals surface area contributed by atoms with Crippen molar-refractivity contribution >= 4 is 41.3 Å². The van der Waals surface area contributed by atoms with E-state index in [0.717, 1.165) is 55.3 Å². The molecule has 154 valence electrons. The molecule has 1 aromatic heterocycles. The summed E-state index contributed by atoms with van der Waals surface area (Å²) in [6.45, 7) is 3.70. The summed E-state index contributed by atoms with van der Waals surface area (Å²) >= 11 is 1.71. The first-order chi connectivity index (χ1) is 13.3. The third-order valence-corrected chi connectivity index (χ3v) is 5.96. The lowest BCUT2D eigenvalue weighted by Crippen LogP contribution is -2.40. The van der Waals surface area contributed by atoms with Gasteiger partial charge in [-0.05, 0) is 25.2 Å². The zero-order valence-electron chi connectivity index (χ0n) is 16.8. The summed E-state index contributed by atoms with van der Waals surface area (Å²) in [6, 6.07) is 10.4. The lowest BCUT2D eigenvalue weighted by atomic mass is 9.96. The van der Waals surface area contributed by atoms with Crippen LogP contribution in [0.5, 0.6) is 0 Å². The Hall–Kier alpha value is -1.19. The SMILES string of the molecule is CN=C(NCCc1csc(-c2ccccc2)n1)N(C)CCC1CCOCC1.I. The molecule has 1 aliphatic heterocycles. The molecule has 3 rings (SSSR count). The number of thiazole rings is 1. The molecule has 0 atom stereocenters. The molecule has 0 spiro atoms. The molecule has 0 saturated carbocycles. The number of guanidine groups is 1. The fourth-order valence-corrected chi connectivity index (χ4v) is 4.20. The zero-order valence-corrected chi connectivity index (χ0v) is 19.9. The Morgan fingerprint density at radius 3 is 2.75 bits per heavy atom. The Bertz CT molecular complexity index is 716. The molecular weight excluding hydrogens is 483 g/mol. The standard InChI is InChI=1S/C21H30N4OS.HI/c1-22-21(25(2)13-9-17-10-14-26-15-11-17)23-12-8-19-16-27-20(24-19)18-6-4-3-5-7-18;/h3-7,16-17H,8-15H2,1-2H3,(H,22,23);1H. The van der Waals surface area contributed by atoms with Crippen molar-refractivity contribution in [1.82, 2.24) is 15.2 Å². The van der Waals surface area contributed by atoms with Gasteiger partial charge in [-0.15, -0.1) is 35.3 Å².